The molecule has 0 aliphatic carbocycles. The van der Waals surface area contributed by atoms with Gasteiger partial charge < -0.3 is 0 Å². The summed E-state index contributed by atoms with van der Waals surface area (Å²) < 4.78 is 30.1. The molecule has 3 unspecified atom stereocenters. The number of carbonyl (C=O) groups excluding carboxylic acids is 3. The van der Waals surface area contributed by atoms with Gasteiger partial charge in [-0.15, -0.1) is 0 Å². The lowest BCUT2D eigenvalue weighted by molar-refractivity contribution is -0.122. The lowest BCUT2D eigenvalue weighted by atomic mass is 10.00. The fourth-order valence-corrected chi connectivity index (χ4v) is 4.13. The summed E-state index contributed by atoms with van der Waals surface area (Å²) in [5, 5.41) is 0. The Labute approximate surface area is 169 Å². The van der Waals surface area contributed by atoms with E-state index in [1.54, 1.807) is 44.2 Å². The summed E-state index contributed by atoms with van der Waals surface area (Å²) in [6.07, 6.45) is -1.20. The van der Waals surface area contributed by atoms with E-state index in [0.29, 0.717) is 11.3 Å². The van der Waals surface area contributed by atoms with Gasteiger partial charge in [0.25, 0.3) is 10.1 Å². The van der Waals surface area contributed by atoms with E-state index in [4.69, 9.17) is 4.18 Å². The number of Topliss-reactive ketones (excluding diaryl/α,β-unsaturated/α-hetero) is 1. The van der Waals surface area contributed by atoms with E-state index in [1.165, 1.54) is 31.2 Å². The summed E-state index contributed by atoms with van der Waals surface area (Å²) in [5.41, 5.74) is 0.642. The molecule has 1 saturated heterocycles. The van der Waals surface area contributed by atoms with Gasteiger partial charge in [0.15, 0.2) is 5.78 Å². The van der Waals surface area contributed by atoms with E-state index in [9.17, 15) is 22.8 Å². The predicted octanol–water partition coefficient (Wildman–Crippen LogP) is 2.81. The van der Waals surface area contributed by atoms with Crippen LogP contribution in [0, 0.1) is 11.8 Å². The highest BCUT2D eigenvalue weighted by atomic mass is 32.2. The molecular weight excluding hydrogens is 394 g/mol. The summed E-state index contributed by atoms with van der Waals surface area (Å²) in [7, 11) is -4.21. The smallest absolute Gasteiger partial charge is 0.291 e. The summed E-state index contributed by atoms with van der Waals surface area (Å²) >= 11 is 0. The Hall–Kier alpha value is -2.84. The molecule has 1 fully saturated rings. The Morgan fingerprint density at radius 3 is 1.97 bits per heavy atom. The monoisotopic (exact) mass is 415 g/mol. The molecule has 0 bridgehead atoms. The van der Waals surface area contributed by atoms with Crippen LogP contribution in [0.4, 0.5) is 5.69 Å². The summed E-state index contributed by atoms with van der Waals surface area (Å²) in [5.74, 6) is -1.96. The van der Waals surface area contributed by atoms with Crippen molar-refractivity contribution < 1.29 is 27.0 Å². The molecule has 1 heterocycles. The van der Waals surface area contributed by atoms with Gasteiger partial charge in [0, 0.05) is 17.4 Å². The molecular formula is C21H21NO6S. The second-order valence-corrected chi connectivity index (χ2v) is 8.58. The number of benzene rings is 2. The third-order valence-electron chi connectivity index (χ3n) is 5.05. The molecule has 0 aromatic heterocycles. The zero-order valence-electron chi connectivity index (χ0n) is 16.2. The zero-order valence-corrected chi connectivity index (χ0v) is 17.0. The second-order valence-electron chi connectivity index (χ2n) is 7.01. The first-order chi connectivity index (χ1) is 13.6. The maximum atomic E-state index is 12.5. The van der Waals surface area contributed by atoms with Crippen LogP contribution in [0.15, 0.2) is 59.5 Å². The molecule has 152 valence electrons. The lowest BCUT2D eigenvalue weighted by Gasteiger charge is -2.16. The minimum atomic E-state index is -4.21. The number of nitrogens with zero attached hydrogens (tertiary/aromatic N) is 1. The first kappa shape index (κ1) is 20.9. The number of rotatable bonds is 6. The molecule has 2 aromatic carbocycles. The Balaban J connectivity index is 1.77. The molecule has 0 radical (unpaired) electrons. The first-order valence-corrected chi connectivity index (χ1v) is 10.5. The molecule has 2 aromatic rings. The minimum absolute atomic E-state index is 0.172. The van der Waals surface area contributed by atoms with Crippen molar-refractivity contribution >= 4 is 33.4 Å². The van der Waals surface area contributed by atoms with Gasteiger partial charge in [-0.05, 0) is 31.2 Å². The van der Waals surface area contributed by atoms with Gasteiger partial charge in [-0.2, -0.15) is 8.42 Å². The standard InChI is InChI=1S/C21H21NO6S/c1-13-14(2)21(25)22(20(13)24)17-9-11-18(12-10-17)29(26,27)28-15(3)19(23)16-7-5-4-6-8-16/h4-15H,1-3H3. The van der Waals surface area contributed by atoms with E-state index < -0.39 is 33.8 Å². The van der Waals surface area contributed by atoms with Gasteiger partial charge in [-0.3, -0.25) is 23.5 Å². The molecule has 3 atom stereocenters. The van der Waals surface area contributed by atoms with Crippen molar-refractivity contribution in [2.24, 2.45) is 11.8 Å². The number of ketones is 1. The van der Waals surface area contributed by atoms with Crippen LogP contribution in [-0.4, -0.2) is 32.1 Å². The van der Waals surface area contributed by atoms with E-state index in [-0.39, 0.29) is 16.7 Å². The van der Waals surface area contributed by atoms with Crippen LogP contribution in [0.5, 0.6) is 0 Å². The Kier molecular flexibility index (Phi) is 5.68. The van der Waals surface area contributed by atoms with Crippen molar-refractivity contribution in [3.63, 3.8) is 0 Å². The minimum Gasteiger partial charge on any atom is -0.291 e. The number of hydrogen-bond donors (Lipinski definition) is 0. The number of anilines is 1. The van der Waals surface area contributed by atoms with Crippen molar-refractivity contribution in [2.45, 2.75) is 31.8 Å². The van der Waals surface area contributed by atoms with E-state index in [2.05, 4.69) is 0 Å². The quantitative estimate of drug-likeness (QED) is 0.409. The van der Waals surface area contributed by atoms with Gasteiger partial charge in [-0.1, -0.05) is 44.2 Å². The van der Waals surface area contributed by atoms with Crippen molar-refractivity contribution in [1.82, 2.24) is 0 Å². The highest BCUT2D eigenvalue weighted by molar-refractivity contribution is 7.86. The fourth-order valence-electron chi connectivity index (χ4n) is 3.09. The summed E-state index contributed by atoms with van der Waals surface area (Å²) in [6.45, 7) is 4.73. The molecule has 29 heavy (non-hydrogen) atoms. The predicted molar refractivity (Wildman–Crippen MR) is 106 cm³/mol. The highest BCUT2D eigenvalue weighted by Crippen LogP contribution is 2.31. The summed E-state index contributed by atoms with van der Waals surface area (Å²) in [6, 6.07) is 13.5. The average Bonchev–Trinajstić information content (AvgIpc) is 2.90. The van der Waals surface area contributed by atoms with Crippen molar-refractivity contribution in [1.29, 1.82) is 0 Å². The molecule has 0 N–H and O–H groups in total. The maximum Gasteiger partial charge on any atom is 0.297 e. The van der Waals surface area contributed by atoms with Crippen molar-refractivity contribution in [3.8, 4) is 0 Å². The van der Waals surface area contributed by atoms with E-state index in [1.807, 2.05) is 0 Å². The van der Waals surface area contributed by atoms with Gasteiger partial charge >= 0.3 is 0 Å². The second kappa shape index (κ2) is 7.88. The van der Waals surface area contributed by atoms with Gasteiger partial charge in [0.1, 0.15) is 6.10 Å². The Bertz CT molecular complexity index is 1030. The van der Waals surface area contributed by atoms with Crippen LogP contribution < -0.4 is 4.90 Å². The van der Waals surface area contributed by atoms with Crippen LogP contribution in [-0.2, 0) is 23.9 Å². The topological polar surface area (TPSA) is 97.8 Å². The number of amides is 2. The average molecular weight is 415 g/mol. The third kappa shape index (κ3) is 3.99. The maximum absolute atomic E-state index is 12.5. The Morgan fingerprint density at radius 1 is 0.931 bits per heavy atom. The SMILES string of the molecule is CC(OS(=O)(=O)c1ccc(N2C(=O)C(C)C(C)C2=O)cc1)C(=O)c1ccccc1. The summed E-state index contributed by atoms with van der Waals surface area (Å²) in [4.78, 5) is 37.8. The molecule has 2 amide bonds. The molecule has 8 heteroatoms. The van der Waals surface area contributed by atoms with E-state index >= 15 is 0 Å². The van der Waals surface area contributed by atoms with E-state index in [0.717, 1.165) is 4.90 Å². The number of imide groups is 1. The molecule has 7 nitrogen and oxygen atoms in total. The molecule has 1 aliphatic rings. The zero-order chi connectivity index (χ0) is 21.3. The first-order valence-electron chi connectivity index (χ1n) is 9.14. The van der Waals surface area contributed by atoms with Crippen LogP contribution in [0.2, 0.25) is 0 Å². The third-order valence-corrected chi connectivity index (χ3v) is 6.44. The number of carbonyl (C=O) groups is 3. The normalized spacial score (nSPS) is 20.7. The highest BCUT2D eigenvalue weighted by Gasteiger charge is 2.43. The van der Waals surface area contributed by atoms with Gasteiger partial charge in [-0.25, -0.2) is 0 Å². The van der Waals surface area contributed by atoms with Gasteiger partial charge in [0.05, 0.1) is 10.6 Å². The van der Waals surface area contributed by atoms with Gasteiger partial charge in [0.2, 0.25) is 11.8 Å². The van der Waals surface area contributed by atoms with Crippen molar-refractivity contribution in [3.05, 3.63) is 60.2 Å². The molecule has 3 rings (SSSR count). The van der Waals surface area contributed by atoms with Crippen LogP contribution >= 0.6 is 0 Å². The fraction of sp³-hybridized carbons (Fsp3) is 0.286. The van der Waals surface area contributed by atoms with Crippen LogP contribution in [0.3, 0.4) is 0 Å². The molecule has 1 aliphatic heterocycles. The van der Waals surface area contributed by atoms with Crippen LogP contribution in [0.25, 0.3) is 0 Å². The van der Waals surface area contributed by atoms with Crippen LogP contribution in [0.1, 0.15) is 31.1 Å². The largest absolute Gasteiger partial charge is 0.297 e. The van der Waals surface area contributed by atoms with Crippen molar-refractivity contribution in [2.75, 3.05) is 4.90 Å². The Morgan fingerprint density at radius 2 is 1.45 bits per heavy atom. The molecule has 0 spiro atoms. The number of hydrogen-bond acceptors (Lipinski definition) is 6. The molecule has 0 saturated carbocycles. The lowest BCUT2D eigenvalue weighted by Crippen LogP contribution is -2.30.